The second-order valence-corrected chi connectivity index (χ2v) is 6.62. The third-order valence-corrected chi connectivity index (χ3v) is 5.07. The Labute approximate surface area is 130 Å². The van der Waals surface area contributed by atoms with Crippen molar-refractivity contribution in [3.63, 3.8) is 0 Å². The van der Waals surface area contributed by atoms with E-state index in [1.165, 1.54) is 0 Å². The van der Waals surface area contributed by atoms with Gasteiger partial charge < -0.3 is 15.1 Å². The Morgan fingerprint density at radius 1 is 1.32 bits per heavy atom. The Balaban J connectivity index is 1.78. The third kappa shape index (κ3) is 2.58. The van der Waals surface area contributed by atoms with Crippen LogP contribution in [0.25, 0.3) is 0 Å². The van der Waals surface area contributed by atoms with Crippen molar-refractivity contribution >= 4 is 11.7 Å². The Hall–Kier alpha value is -1.62. The van der Waals surface area contributed by atoms with E-state index in [0.717, 1.165) is 31.2 Å². The molecule has 0 bridgehead atoms. The average molecular weight is 304 g/mol. The van der Waals surface area contributed by atoms with Gasteiger partial charge in [-0.25, -0.2) is 0 Å². The van der Waals surface area contributed by atoms with Gasteiger partial charge in [-0.3, -0.25) is 9.59 Å². The summed E-state index contributed by atoms with van der Waals surface area (Å²) in [6.45, 7) is 5.28. The van der Waals surface area contributed by atoms with E-state index >= 15 is 0 Å². The van der Waals surface area contributed by atoms with Crippen LogP contribution < -0.4 is 5.73 Å². The highest BCUT2D eigenvalue weighted by molar-refractivity contribution is 6.03. The van der Waals surface area contributed by atoms with Crippen molar-refractivity contribution in [1.82, 2.24) is 4.90 Å². The van der Waals surface area contributed by atoms with Crippen LogP contribution in [0.2, 0.25) is 0 Å². The maximum absolute atomic E-state index is 12.7. The van der Waals surface area contributed by atoms with Crippen LogP contribution in [-0.2, 0) is 6.42 Å². The molecule has 1 fully saturated rings. The van der Waals surface area contributed by atoms with Crippen LogP contribution in [0.5, 0.6) is 0 Å². The number of aryl methyl sites for hydroxylation is 1. The van der Waals surface area contributed by atoms with Crippen LogP contribution in [0.3, 0.4) is 0 Å². The van der Waals surface area contributed by atoms with E-state index < -0.39 is 0 Å². The zero-order valence-corrected chi connectivity index (χ0v) is 13.4. The van der Waals surface area contributed by atoms with E-state index in [1.807, 2.05) is 18.7 Å². The normalized spacial score (nSPS) is 20.9. The van der Waals surface area contributed by atoms with Crippen LogP contribution in [0.4, 0.5) is 0 Å². The number of hydrogen-bond acceptors (Lipinski definition) is 4. The largest absolute Gasteiger partial charge is 0.455 e. The molecule has 1 aliphatic carbocycles. The summed E-state index contributed by atoms with van der Waals surface area (Å²) >= 11 is 0. The molecule has 1 saturated heterocycles. The van der Waals surface area contributed by atoms with Gasteiger partial charge in [0.05, 0.1) is 5.56 Å². The second kappa shape index (κ2) is 5.88. The number of piperidine rings is 1. The molecule has 0 spiro atoms. The second-order valence-electron chi connectivity index (χ2n) is 6.62. The summed E-state index contributed by atoms with van der Waals surface area (Å²) in [5.41, 5.74) is 7.32. The first kappa shape index (κ1) is 15.3. The number of nitrogens with two attached hydrogens (primary N) is 1. The van der Waals surface area contributed by atoms with Gasteiger partial charge in [0.1, 0.15) is 5.76 Å². The van der Waals surface area contributed by atoms with Gasteiger partial charge in [0.25, 0.3) is 5.91 Å². The van der Waals surface area contributed by atoms with Crippen LogP contribution in [0.1, 0.15) is 64.8 Å². The molecule has 1 atom stereocenters. The summed E-state index contributed by atoms with van der Waals surface area (Å²) in [6.07, 6.45) is 3.98. The van der Waals surface area contributed by atoms with Crippen LogP contribution in [0, 0.1) is 12.8 Å². The molecule has 22 heavy (non-hydrogen) atoms. The molecule has 0 saturated carbocycles. The Morgan fingerprint density at radius 3 is 2.59 bits per heavy atom. The predicted molar refractivity (Wildman–Crippen MR) is 83.0 cm³/mol. The molecule has 5 heteroatoms. The fraction of sp³-hybridized carbons (Fsp3) is 0.647. The number of furan rings is 1. The van der Waals surface area contributed by atoms with Gasteiger partial charge in [-0.15, -0.1) is 0 Å². The summed E-state index contributed by atoms with van der Waals surface area (Å²) in [7, 11) is 0. The van der Waals surface area contributed by atoms with Crippen LogP contribution in [-0.4, -0.2) is 35.7 Å². The highest BCUT2D eigenvalue weighted by atomic mass is 16.4. The Bertz CT molecular complexity index is 595. The molecular weight excluding hydrogens is 280 g/mol. The lowest BCUT2D eigenvalue weighted by atomic mass is 9.90. The van der Waals surface area contributed by atoms with Gasteiger partial charge in [-0.05, 0) is 39.0 Å². The molecule has 2 aliphatic rings. The highest BCUT2D eigenvalue weighted by Crippen LogP contribution is 2.31. The summed E-state index contributed by atoms with van der Waals surface area (Å²) < 4.78 is 5.76. The standard InChI is InChI=1S/C17H24N2O3/c1-10-15-13(20)4-3-5-14(15)22-16(10)17(21)19-8-6-12(7-9-19)11(2)18/h11-12H,3-9,18H2,1-2H3. The van der Waals surface area contributed by atoms with Crippen molar-refractivity contribution in [2.24, 2.45) is 11.7 Å². The number of nitrogens with zero attached hydrogens (tertiary/aromatic N) is 1. The topological polar surface area (TPSA) is 76.5 Å². The molecule has 0 aromatic carbocycles. The molecule has 1 amide bonds. The summed E-state index contributed by atoms with van der Waals surface area (Å²) in [5.74, 6) is 1.57. The third-order valence-electron chi connectivity index (χ3n) is 5.07. The fourth-order valence-electron chi connectivity index (χ4n) is 3.62. The fourth-order valence-corrected chi connectivity index (χ4v) is 3.62. The number of Topliss-reactive ketones (excluding diaryl/α,β-unsaturated/α-hetero) is 1. The number of hydrogen-bond donors (Lipinski definition) is 1. The smallest absolute Gasteiger partial charge is 0.289 e. The minimum atomic E-state index is -0.0807. The molecule has 1 aromatic rings. The summed E-state index contributed by atoms with van der Waals surface area (Å²) in [5, 5.41) is 0. The molecule has 1 aromatic heterocycles. The maximum Gasteiger partial charge on any atom is 0.289 e. The van der Waals surface area contributed by atoms with Crippen molar-refractivity contribution < 1.29 is 14.0 Å². The zero-order chi connectivity index (χ0) is 15.9. The first-order valence-corrected chi connectivity index (χ1v) is 8.19. The van der Waals surface area contributed by atoms with Crippen molar-refractivity contribution in [1.29, 1.82) is 0 Å². The monoisotopic (exact) mass is 304 g/mol. The minimum absolute atomic E-state index is 0.0807. The number of rotatable bonds is 2. The summed E-state index contributed by atoms with van der Waals surface area (Å²) in [6, 6.07) is 0.174. The molecule has 2 heterocycles. The molecular formula is C17H24N2O3. The van der Waals surface area contributed by atoms with E-state index in [9.17, 15) is 9.59 Å². The van der Waals surface area contributed by atoms with Crippen molar-refractivity contribution in [2.75, 3.05) is 13.1 Å². The number of ketones is 1. The number of fused-ring (bicyclic) bond motifs is 1. The van der Waals surface area contributed by atoms with Crippen molar-refractivity contribution in [2.45, 2.75) is 52.0 Å². The van der Waals surface area contributed by atoms with E-state index in [4.69, 9.17) is 10.2 Å². The van der Waals surface area contributed by atoms with E-state index in [2.05, 4.69) is 0 Å². The molecule has 1 unspecified atom stereocenters. The lowest BCUT2D eigenvalue weighted by Crippen LogP contribution is -2.42. The minimum Gasteiger partial charge on any atom is -0.455 e. The van der Waals surface area contributed by atoms with E-state index in [0.29, 0.717) is 42.5 Å². The van der Waals surface area contributed by atoms with Gasteiger partial charge in [0.2, 0.25) is 0 Å². The lowest BCUT2D eigenvalue weighted by Gasteiger charge is -2.33. The Kier molecular flexibility index (Phi) is 4.08. The first-order valence-electron chi connectivity index (χ1n) is 8.19. The lowest BCUT2D eigenvalue weighted by molar-refractivity contribution is 0.0645. The van der Waals surface area contributed by atoms with Crippen LogP contribution in [0.15, 0.2) is 4.42 Å². The molecule has 0 radical (unpaired) electrons. The Morgan fingerprint density at radius 2 is 2.00 bits per heavy atom. The molecule has 120 valence electrons. The number of amides is 1. The van der Waals surface area contributed by atoms with Gasteiger partial charge in [-0.2, -0.15) is 0 Å². The van der Waals surface area contributed by atoms with Gasteiger partial charge in [0.15, 0.2) is 11.5 Å². The predicted octanol–water partition coefficient (Wildman–Crippen LogP) is 2.31. The summed E-state index contributed by atoms with van der Waals surface area (Å²) in [4.78, 5) is 26.6. The van der Waals surface area contributed by atoms with Crippen molar-refractivity contribution in [3.8, 4) is 0 Å². The molecule has 3 rings (SSSR count). The van der Waals surface area contributed by atoms with Gasteiger partial charge >= 0.3 is 0 Å². The average Bonchev–Trinajstić information content (AvgIpc) is 2.85. The highest BCUT2D eigenvalue weighted by Gasteiger charge is 2.32. The number of likely N-dealkylation sites (tertiary alicyclic amines) is 1. The van der Waals surface area contributed by atoms with Crippen molar-refractivity contribution in [3.05, 3.63) is 22.6 Å². The van der Waals surface area contributed by atoms with Crippen LogP contribution >= 0.6 is 0 Å². The van der Waals surface area contributed by atoms with E-state index in [-0.39, 0.29) is 17.7 Å². The SMILES string of the molecule is Cc1c(C(=O)N2CCC(C(C)N)CC2)oc2c1C(=O)CCC2. The van der Waals surface area contributed by atoms with Gasteiger partial charge in [-0.1, -0.05) is 0 Å². The van der Waals surface area contributed by atoms with E-state index in [1.54, 1.807) is 0 Å². The maximum atomic E-state index is 12.7. The number of carbonyl (C=O) groups excluding carboxylic acids is 2. The molecule has 2 N–H and O–H groups in total. The first-order chi connectivity index (χ1) is 10.5. The zero-order valence-electron chi connectivity index (χ0n) is 13.4. The quantitative estimate of drug-likeness (QED) is 0.909. The number of carbonyl (C=O) groups is 2. The molecule has 5 nitrogen and oxygen atoms in total. The van der Waals surface area contributed by atoms with Gasteiger partial charge in [0, 0.05) is 37.5 Å². The molecule has 1 aliphatic heterocycles.